The molecule has 1 atom stereocenters. The molecule has 3 N–H and O–H groups in total. The highest BCUT2D eigenvalue weighted by atomic mass is 15.4. The maximum atomic E-state index is 5.81. The average Bonchev–Trinajstić information content (AvgIpc) is 2.67. The summed E-state index contributed by atoms with van der Waals surface area (Å²) < 4.78 is 2.11. The first-order chi connectivity index (χ1) is 8.14. The fourth-order valence-corrected chi connectivity index (χ4v) is 2.29. The number of fused-ring (bicyclic) bond motifs is 3. The number of aliphatic imine (C=N–C) groups is 1. The first-order valence-corrected chi connectivity index (χ1v) is 5.74. The van der Waals surface area contributed by atoms with E-state index < -0.39 is 0 Å². The van der Waals surface area contributed by atoms with Gasteiger partial charge in [0.25, 0.3) is 0 Å². The molecule has 1 aromatic heterocycles. The standard InChI is InChI=1S/C12H15N5/c1-3-12(2)16-10(13)15-11-14-8-6-4-5-7-9(8)17(11)12/h4-7H,3H2,1-2H3,(H3,13,14,15,16)/t12-/m0/s1. The van der Waals surface area contributed by atoms with Crippen molar-refractivity contribution in [2.24, 2.45) is 10.7 Å². The Kier molecular flexibility index (Phi) is 1.92. The minimum Gasteiger partial charge on any atom is -0.370 e. The number of aromatic nitrogens is 2. The second-order valence-corrected chi connectivity index (χ2v) is 4.45. The summed E-state index contributed by atoms with van der Waals surface area (Å²) in [7, 11) is 0. The van der Waals surface area contributed by atoms with E-state index in [2.05, 4.69) is 39.8 Å². The van der Waals surface area contributed by atoms with Gasteiger partial charge >= 0.3 is 0 Å². The predicted octanol–water partition coefficient (Wildman–Crippen LogP) is 1.86. The van der Waals surface area contributed by atoms with Crippen molar-refractivity contribution in [3.8, 4) is 0 Å². The van der Waals surface area contributed by atoms with Crippen LogP contribution in [0.4, 0.5) is 5.95 Å². The first kappa shape index (κ1) is 10.1. The molecule has 5 nitrogen and oxygen atoms in total. The Morgan fingerprint density at radius 2 is 2.18 bits per heavy atom. The third kappa shape index (κ3) is 1.32. The van der Waals surface area contributed by atoms with Crippen molar-refractivity contribution >= 4 is 22.9 Å². The Balaban J connectivity index is 2.34. The highest BCUT2D eigenvalue weighted by molar-refractivity contribution is 5.94. The van der Waals surface area contributed by atoms with Crippen LogP contribution in [0.5, 0.6) is 0 Å². The van der Waals surface area contributed by atoms with Crippen molar-refractivity contribution in [1.82, 2.24) is 9.55 Å². The van der Waals surface area contributed by atoms with Crippen LogP contribution in [0.2, 0.25) is 0 Å². The number of nitrogens with two attached hydrogens (primary N) is 1. The number of anilines is 1. The van der Waals surface area contributed by atoms with Crippen LogP contribution < -0.4 is 11.1 Å². The molecule has 0 amide bonds. The maximum absolute atomic E-state index is 5.81. The Hall–Kier alpha value is -2.04. The third-order valence-electron chi connectivity index (χ3n) is 3.31. The summed E-state index contributed by atoms with van der Waals surface area (Å²) in [5.41, 5.74) is 7.48. The zero-order valence-electron chi connectivity index (χ0n) is 9.94. The van der Waals surface area contributed by atoms with Crippen molar-refractivity contribution in [2.75, 3.05) is 5.32 Å². The molecule has 0 fully saturated rings. The van der Waals surface area contributed by atoms with Crippen molar-refractivity contribution in [3.63, 3.8) is 0 Å². The maximum Gasteiger partial charge on any atom is 0.212 e. The summed E-state index contributed by atoms with van der Waals surface area (Å²) in [6.07, 6.45) is 0.864. The zero-order chi connectivity index (χ0) is 12.0. The molecule has 0 saturated carbocycles. The molecule has 0 spiro atoms. The minimum atomic E-state index is -0.360. The molecular formula is C12H15N5. The van der Waals surface area contributed by atoms with E-state index in [1.54, 1.807) is 0 Å². The van der Waals surface area contributed by atoms with Crippen molar-refractivity contribution in [2.45, 2.75) is 25.9 Å². The van der Waals surface area contributed by atoms with E-state index in [1.165, 1.54) is 0 Å². The summed E-state index contributed by atoms with van der Waals surface area (Å²) in [6, 6.07) is 8.04. The molecule has 5 heteroatoms. The molecule has 2 aromatic rings. The van der Waals surface area contributed by atoms with Gasteiger partial charge in [0.1, 0.15) is 5.66 Å². The number of hydrogen-bond acceptors (Lipinski definition) is 4. The zero-order valence-corrected chi connectivity index (χ0v) is 9.94. The van der Waals surface area contributed by atoms with Crippen LogP contribution in [0, 0.1) is 0 Å². The van der Waals surface area contributed by atoms with E-state index >= 15 is 0 Å². The number of imidazole rings is 1. The van der Waals surface area contributed by atoms with Crippen LogP contribution >= 0.6 is 0 Å². The molecular weight excluding hydrogens is 214 g/mol. The topological polar surface area (TPSA) is 68.2 Å². The number of para-hydroxylation sites is 2. The van der Waals surface area contributed by atoms with Gasteiger partial charge in [0, 0.05) is 0 Å². The largest absolute Gasteiger partial charge is 0.370 e. The summed E-state index contributed by atoms with van der Waals surface area (Å²) in [5.74, 6) is 1.19. The van der Waals surface area contributed by atoms with Crippen molar-refractivity contribution in [1.29, 1.82) is 0 Å². The predicted molar refractivity (Wildman–Crippen MR) is 68.9 cm³/mol. The Morgan fingerprint density at radius 3 is 2.94 bits per heavy atom. The number of guanidine groups is 1. The molecule has 3 rings (SSSR count). The van der Waals surface area contributed by atoms with Gasteiger partial charge in [0.2, 0.25) is 5.95 Å². The lowest BCUT2D eigenvalue weighted by molar-refractivity contribution is 0.331. The summed E-state index contributed by atoms with van der Waals surface area (Å²) in [5, 5.41) is 3.02. The van der Waals surface area contributed by atoms with E-state index in [1.807, 2.05) is 18.2 Å². The van der Waals surface area contributed by atoms with Crippen LogP contribution in [0.1, 0.15) is 20.3 Å². The average molecular weight is 229 g/mol. The molecule has 88 valence electrons. The van der Waals surface area contributed by atoms with Gasteiger partial charge in [-0.25, -0.2) is 9.98 Å². The number of benzene rings is 1. The Bertz CT molecular complexity index is 612. The van der Waals surface area contributed by atoms with Gasteiger partial charge in [-0.05, 0) is 25.5 Å². The molecule has 2 heterocycles. The van der Waals surface area contributed by atoms with Crippen LogP contribution in [0.3, 0.4) is 0 Å². The molecule has 1 aromatic carbocycles. The molecule has 0 aliphatic carbocycles. The highest BCUT2D eigenvalue weighted by Gasteiger charge is 2.32. The second-order valence-electron chi connectivity index (χ2n) is 4.45. The minimum absolute atomic E-state index is 0.360. The van der Waals surface area contributed by atoms with E-state index in [0.717, 1.165) is 23.4 Å². The van der Waals surface area contributed by atoms with E-state index in [9.17, 15) is 0 Å². The number of rotatable bonds is 1. The lowest BCUT2D eigenvalue weighted by atomic mass is 10.1. The third-order valence-corrected chi connectivity index (χ3v) is 3.31. The van der Waals surface area contributed by atoms with Crippen molar-refractivity contribution < 1.29 is 0 Å². The van der Waals surface area contributed by atoms with Gasteiger partial charge in [-0.3, -0.25) is 9.88 Å². The van der Waals surface area contributed by atoms with Gasteiger partial charge in [-0.1, -0.05) is 19.1 Å². The monoisotopic (exact) mass is 229 g/mol. The first-order valence-electron chi connectivity index (χ1n) is 5.74. The molecule has 1 aliphatic rings. The van der Waals surface area contributed by atoms with Gasteiger partial charge in [0.05, 0.1) is 11.0 Å². The van der Waals surface area contributed by atoms with E-state index in [4.69, 9.17) is 5.73 Å². The smallest absolute Gasteiger partial charge is 0.212 e. The van der Waals surface area contributed by atoms with Crippen LogP contribution in [0.25, 0.3) is 11.0 Å². The van der Waals surface area contributed by atoms with E-state index in [-0.39, 0.29) is 5.66 Å². The Labute approximate surface area is 99.4 Å². The molecule has 0 radical (unpaired) electrons. The molecule has 1 aliphatic heterocycles. The van der Waals surface area contributed by atoms with Crippen LogP contribution in [-0.2, 0) is 5.66 Å². The molecule has 0 saturated heterocycles. The number of nitrogens with one attached hydrogen (secondary N) is 1. The fourth-order valence-electron chi connectivity index (χ4n) is 2.29. The van der Waals surface area contributed by atoms with Crippen LogP contribution in [0.15, 0.2) is 29.3 Å². The van der Waals surface area contributed by atoms with Crippen molar-refractivity contribution in [3.05, 3.63) is 24.3 Å². The lowest BCUT2D eigenvalue weighted by Gasteiger charge is -2.32. The normalized spacial score (nSPS) is 23.1. The lowest BCUT2D eigenvalue weighted by Crippen LogP contribution is -2.39. The molecule has 0 unspecified atom stereocenters. The van der Waals surface area contributed by atoms with Gasteiger partial charge in [0.15, 0.2) is 5.96 Å². The summed E-state index contributed by atoms with van der Waals surface area (Å²) in [6.45, 7) is 4.17. The Morgan fingerprint density at radius 1 is 1.41 bits per heavy atom. The number of nitrogens with zero attached hydrogens (tertiary/aromatic N) is 3. The van der Waals surface area contributed by atoms with Gasteiger partial charge < -0.3 is 5.73 Å². The molecule has 17 heavy (non-hydrogen) atoms. The summed E-state index contributed by atoms with van der Waals surface area (Å²) >= 11 is 0. The number of hydrogen-bond donors (Lipinski definition) is 2. The second kappa shape index (κ2) is 3.23. The van der Waals surface area contributed by atoms with Gasteiger partial charge in [-0.2, -0.15) is 0 Å². The quantitative estimate of drug-likeness (QED) is 0.784. The van der Waals surface area contributed by atoms with Crippen LogP contribution in [-0.4, -0.2) is 15.5 Å². The fraction of sp³-hybridized carbons (Fsp3) is 0.333. The van der Waals surface area contributed by atoms with Gasteiger partial charge in [-0.15, -0.1) is 0 Å². The highest BCUT2D eigenvalue weighted by Crippen LogP contribution is 2.34. The summed E-state index contributed by atoms with van der Waals surface area (Å²) in [4.78, 5) is 9.04. The SMILES string of the molecule is CC[C@@]1(C)N=C(N)Nc2nc3ccccc3n21. The van der Waals surface area contributed by atoms with E-state index in [0.29, 0.717) is 5.96 Å². The molecule has 0 bridgehead atoms.